The smallest absolute Gasteiger partial charge is 0.321 e. The van der Waals surface area contributed by atoms with Gasteiger partial charge in [0.25, 0.3) is 5.91 Å². The van der Waals surface area contributed by atoms with Gasteiger partial charge in [0.1, 0.15) is 5.82 Å². The molecule has 0 saturated heterocycles. The summed E-state index contributed by atoms with van der Waals surface area (Å²) in [5.74, 6) is -1.19. The lowest BCUT2D eigenvalue weighted by molar-refractivity contribution is -0.118. The maximum atomic E-state index is 13.6. The molecule has 7 nitrogen and oxygen atoms in total. The van der Waals surface area contributed by atoms with E-state index in [1.54, 1.807) is 56.3 Å². The normalized spacial score (nSPS) is 10.3. The van der Waals surface area contributed by atoms with Crippen LogP contribution in [0.5, 0.6) is 0 Å². The molecule has 0 saturated carbocycles. The highest BCUT2D eigenvalue weighted by molar-refractivity contribution is 5.96. The molecule has 0 aliphatic rings. The zero-order chi connectivity index (χ0) is 20.5. The van der Waals surface area contributed by atoms with Crippen molar-refractivity contribution < 1.29 is 18.8 Å². The van der Waals surface area contributed by atoms with Gasteiger partial charge in [-0.1, -0.05) is 18.2 Å². The molecule has 28 heavy (non-hydrogen) atoms. The average molecular weight is 386 g/mol. The lowest BCUT2D eigenvalue weighted by Crippen LogP contribution is -2.44. The van der Waals surface area contributed by atoms with Crippen molar-refractivity contribution in [2.75, 3.05) is 11.9 Å². The van der Waals surface area contributed by atoms with Gasteiger partial charge in [-0.25, -0.2) is 9.18 Å². The summed E-state index contributed by atoms with van der Waals surface area (Å²) in [7, 11) is 0. The number of imide groups is 1. The van der Waals surface area contributed by atoms with E-state index < -0.39 is 11.9 Å². The van der Waals surface area contributed by atoms with E-state index in [1.807, 2.05) is 0 Å². The van der Waals surface area contributed by atoms with Crippen LogP contribution in [0.3, 0.4) is 0 Å². The van der Waals surface area contributed by atoms with Gasteiger partial charge >= 0.3 is 6.03 Å². The lowest BCUT2D eigenvalue weighted by Gasteiger charge is -2.10. The van der Waals surface area contributed by atoms with Crippen molar-refractivity contribution in [1.29, 1.82) is 0 Å². The fraction of sp³-hybridized carbons (Fsp3) is 0.250. The molecule has 0 aliphatic heterocycles. The van der Waals surface area contributed by atoms with Gasteiger partial charge in [-0.15, -0.1) is 0 Å². The number of nitrogens with one attached hydrogen (secondary N) is 4. The largest absolute Gasteiger partial charge is 0.376 e. The highest BCUT2D eigenvalue weighted by atomic mass is 19.1. The van der Waals surface area contributed by atoms with E-state index in [4.69, 9.17) is 0 Å². The minimum Gasteiger partial charge on any atom is -0.376 e. The van der Waals surface area contributed by atoms with Crippen LogP contribution in [0.25, 0.3) is 0 Å². The first kappa shape index (κ1) is 20.9. The zero-order valence-corrected chi connectivity index (χ0v) is 15.7. The summed E-state index contributed by atoms with van der Waals surface area (Å²) in [6, 6.07) is 12.1. The molecule has 2 aromatic carbocycles. The van der Waals surface area contributed by atoms with Gasteiger partial charge in [-0.05, 0) is 44.2 Å². The van der Waals surface area contributed by atoms with E-state index >= 15 is 0 Å². The third-order valence-electron chi connectivity index (χ3n) is 3.67. The number of hydrogen-bond donors (Lipinski definition) is 4. The van der Waals surface area contributed by atoms with Crippen LogP contribution < -0.4 is 21.3 Å². The molecule has 148 valence electrons. The van der Waals surface area contributed by atoms with Gasteiger partial charge in [0.2, 0.25) is 5.91 Å². The Bertz CT molecular complexity index is 838. The molecule has 2 aromatic rings. The topological polar surface area (TPSA) is 99.3 Å². The summed E-state index contributed by atoms with van der Waals surface area (Å²) in [5, 5.41) is 10.3. The van der Waals surface area contributed by atoms with Crippen LogP contribution in [-0.2, 0) is 11.3 Å². The number of carbonyl (C=O) groups is 3. The summed E-state index contributed by atoms with van der Waals surface area (Å²) < 4.78 is 13.6. The fourth-order valence-electron chi connectivity index (χ4n) is 2.31. The van der Waals surface area contributed by atoms with Crippen LogP contribution in [0.15, 0.2) is 48.5 Å². The van der Waals surface area contributed by atoms with Crippen LogP contribution in [0, 0.1) is 5.82 Å². The van der Waals surface area contributed by atoms with Crippen LogP contribution in [0.2, 0.25) is 0 Å². The van der Waals surface area contributed by atoms with Crippen LogP contribution in [-0.4, -0.2) is 30.4 Å². The second-order valence-electron chi connectivity index (χ2n) is 6.38. The Labute approximate surface area is 162 Å². The zero-order valence-electron chi connectivity index (χ0n) is 15.7. The Balaban J connectivity index is 1.80. The maximum absolute atomic E-state index is 13.6. The van der Waals surface area contributed by atoms with Crippen molar-refractivity contribution in [2.24, 2.45) is 0 Å². The minimum atomic E-state index is -0.552. The number of benzene rings is 2. The second-order valence-corrected chi connectivity index (χ2v) is 6.38. The van der Waals surface area contributed by atoms with Crippen LogP contribution in [0.4, 0.5) is 14.9 Å². The number of hydrogen-bond acceptors (Lipinski definition) is 4. The third kappa shape index (κ3) is 6.71. The Morgan fingerprint density at radius 3 is 2.32 bits per heavy atom. The van der Waals surface area contributed by atoms with Crippen molar-refractivity contribution in [3.63, 3.8) is 0 Å². The van der Waals surface area contributed by atoms with E-state index in [1.165, 1.54) is 6.07 Å². The first-order chi connectivity index (χ1) is 13.3. The van der Waals surface area contributed by atoms with E-state index in [0.29, 0.717) is 16.8 Å². The molecule has 4 N–H and O–H groups in total. The molecule has 0 radical (unpaired) electrons. The molecule has 0 bridgehead atoms. The molecule has 0 aromatic heterocycles. The number of anilines is 1. The Kier molecular flexibility index (Phi) is 7.50. The third-order valence-corrected chi connectivity index (χ3v) is 3.67. The second kappa shape index (κ2) is 10.1. The first-order valence-corrected chi connectivity index (χ1v) is 8.81. The fourth-order valence-corrected chi connectivity index (χ4v) is 2.31. The van der Waals surface area contributed by atoms with Gasteiger partial charge < -0.3 is 16.0 Å². The molecule has 0 heterocycles. The number of urea groups is 1. The number of halogens is 1. The molecular weight excluding hydrogens is 363 g/mol. The predicted octanol–water partition coefficient (Wildman–Crippen LogP) is 2.40. The Morgan fingerprint density at radius 1 is 1.00 bits per heavy atom. The standard InChI is InChI=1S/C20H23FN4O3/c1-13(2)24-20(28)25-18(26)12-22-16-9-7-14(8-10-16)19(27)23-11-15-5-3-4-6-17(15)21/h3-10,13,22H,11-12H2,1-2H3,(H,23,27)(H2,24,25,26,28). The van der Waals surface area contributed by atoms with Crippen molar-refractivity contribution in [3.05, 3.63) is 65.5 Å². The molecule has 4 amide bonds. The van der Waals surface area contributed by atoms with E-state index in [2.05, 4.69) is 21.3 Å². The van der Waals surface area contributed by atoms with Crippen molar-refractivity contribution in [1.82, 2.24) is 16.0 Å². The maximum Gasteiger partial charge on any atom is 0.321 e. The van der Waals surface area contributed by atoms with E-state index in [9.17, 15) is 18.8 Å². The average Bonchev–Trinajstić information content (AvgIpc) is 2.65. The highest BCUT2D eigenvalue weighted by Gasteiger charge is 2.09. The summed E-state index contributed by atoms with van der Waals surface area (Å²) in [4.78, 5) is 35.3. The van der Waals surface area contributed by atoms with Gasteiger partial charge in [0.05, 0.1) is 6.54 Å². The molecule has 0 aliphatic carbocycles. The Morgan fingerprint density at radius 2 is 1.68 bits per heavy atom. The van der Waals surface area contributed by atoms with Crippen LogP contribution in [0.1, 0.15) is 29.8 Å². The summed E-state index contributed by atoms with van der Waals surface area (Å²) in [6.45, 7) is 3.57. The number of carbonyl (C=O) groups excluding carboxylic acids is 3. The number of amides is 4. The molecule has 0 spiro atoms. The van der Waals surface area contributed by atoms with Crippen molar-refractivity contribution in [3.8, 4) is 0 Å². The highest BCUT2D eigenvalue weighted by Crippen LogP contribution is 2.10. The molecule has 2 rings (SSSR count). The minimum absolute atomic E-state index is 0.0715. The summed E-state index contributed by atoms with van der Waals surface area (Å²) in [5.41, 5.74) is 1.43. The van der Waals surface area contributed by atoms with Gasteiger partial charge in [0, 0.05) is 29.4 Å². The predicted molar refractivity (Wildman–Crippen MR) is 104 cm³/mol. The SMILES string of the molecule is CC(C)NC(=O)NC(=O)CNc1ccc(C(=O)NCc2ccccc2F)cc1. The molecular formula is C20H23FN4O3. The molecule has 8 heteroatoms. The first-order valence-electron chi connectivity index (χ1n) is 8.81. The monoisotopic (exact) mass is 386 g/mol. The molecule has 0 fully saturated rings. The van der Waals surface area contributed by atoms with Gasteiger partial charge in [-0.2, -0.15) is 0 Å². The Hall–Kier alpha value is -3.42. The van der Waals surface area contributed by atoms with Gasteiger partial charge in [0.15, 0.2) is 0 Å². The van der Waals surface area contributed by atoms with E-state index in [0.717, 1.165) is 0 Å². The van der Waals surface area contributed by atoms with Crippen molar-refractivity contribution >= 4 is 23.5 Å². The molecule has 0 atom stereocenters. The van der Waals surface area contributed by atoms with E-state index in [-0.39, 0.29) is 30.9 Å². The lowest BCUT2D eigenvalue weighted by atomic mass is 10.1. The number of rotatable bonds is 7. The quantitative estimate of drug-likeness (QED) is 0.587. The summed E-state index contributed by atoms with van der Waals surface area (Å²) in [6.07, 6.45) is 0. The summed E-state index contributed by atoms with van der Waals surface area (Å²) >= 11 is 0. The van der Waals surface area contributed by atoms with Crippen molar-refractivity contribution in [2.45, 2.75) is 26.4 Å². The molecule has 0 unspecified atom stereocenters. The van der Waals surface area contributed by atoms with Gasteiger partial charge in [-0.3, -0.25) is 14.9 Å². The van der Waals surface area contributed by atoms with Crippen LogP contribution >= 0.6 is 0 Å².